The molecule has 0 fully saturated rings. The molecule has 4 rings (SSSR count). The Morgan fingerprint density at radius 2 is 1.66 bits per heavy atom. The summed E-state index contributed by atoms with van der Waals surface area (Å²) >= 11 is 0. The maximum atomic E-state index is 11.7. The lowest BCUT2D eigenvalue weighted by atomic mass is 9.84. The number of aliphatic hydroxyl groups is 1. The van der Waals surface area contributed by atoms with Crippen molar-refractivity contribution in [1.29, 1.82) is 0 Å². The zero-order valence-corrected chi connectivity index (χ0v) is 15.6. The Kier molecular flexibility index (Phi) is 4.65. The molecule has 4 aromatic rings. The minimum Gasteiger partial charge on any atom is -0.374 e. The summed E-state index contributed by atoms with van der Waals surface area (Å²) in [5.74, 6) is 0.349. The van der Waals surface area contributed by atoms with Gasteiger partial charge in [0.05, 0.1) is 13.2 Å². The summed E-state index contributed by atoms with van der Waals surface area (Å²) < 4.78 is 2.89. The Bertz CT molecular complexity index is 1100. The van der Waals surface area contributed by atoms with Gasteiger partial charge < -0.3 is 15.2 Å². The number of benzene rings is 2. The second-order valence-electron chi connectivity index (χ2n) is 6.59. The van der Waals surface area contributed by atoms with Crippen LogP contribution < -0.4 is 0 Å². The molecular formula is C20H18N6O3. The van der Waals surface area contributed by atoms with Crippen molar-refractivity contribution in [3.8, 4) is 0 Å². The van der Waals surface area contributed by atoms with E-state index >= 15 is 0 Å². The van der Waals surface area contributed by atoms with Crippen LogP contribution in [0.5, 0.6) is 0 Å². The first-order valence-electron chi connectivity index (χ1n) is 8.89. The Morgan fingerprint density at radius 3 is 2.17 bits per heavy atom. The lowest BCUT2D eigenvalue weighted by Crippen LogP contribution is -2.29. The summed E-state index contributed by atoms with van der Waals surface area (Å²) in [6.07, 6.45) is 2.83. The van der Waals surface area contributed by atoms with Crippen LogP contribution in [0.2, 0.25) is 0 Å². The average Bonchev–Trinajstić information content (AvgIpc) is 3.36. The van der Waals surface area contributed by atoms with Gasteiger partial charge in [0.15, 0.2) is 5.60 Å². The fourth-order valence-electron chi connectivity index (χ4n) is 3.26. The Hall–Kier alpha value is -3.85. The highest BCUT2D eigenvalue weighted by Gasteiger charge is 2.36. The van der Waals surface area contributed by atoms with Gasteiger partial charge in [-0.25, -0.2) is 14.2 Å². The summed E-state index contributed by atoms with van der Waals surface area (Å²) in [5.41, 5.74) is 0.171. The minimum absolute atomic E-state index is 0.106. The van der Waals surface area contributed by atoms with Crippen molar-refractivity contribution in [1.82, 2.24) is 24.5 Å². The van der Waals surface area contributed by atoms with E-state index in [0.717, 1.165) is 0 Å². The quantitative estimate of drug-likeness (QED) is 0.399. The van der Waals surface area contributed by atoms with Crippen LogP contribution in [0.3, 0.4) is 0 Å². The van der Waals surface area contributed by atoms with E-state index in [9.17, 15) is 15.2 Å². The summed E-state index contributed by atoms with van der Waals surface area (Å²) in [4.78, 5) is 14.6. The molecule has 2 aromatic carbocycles. The van der Waals surface area contributed by atoms with Gasteiger partial charge in [0.2, 0.25) is 5.82 Å². The van der Waals surface area contributed by atoms with Crippen LogP contribution in [0.15, 0.2) is 73.1 Å². The van der Waals surface area contributed by atoms with Gasteiger partial charge in [0.1, 0.15) is 18.4 Å². The maximum absolute atomic E-state index is 11.7. The molecule has 29 heavy (non-hydrogen) atoms. The molecule has 0 atom stereocenters. The van der Waals surface area contributed by atoms with Crippen LogP contribution >= 0.6 is 0 Å². The van der Waals surface area contributed by atoms with Crippen molar-refractivity contribution >= 4 is 5.82 Å². The number of aromatic nitrogens is 5. The minimum atomic E-state index is -1.49. The molecule has 0 amide bonds. The molecule has 0 aliphatic heterocycles. The standard InChI is InChI=1S/C20H18N6O3/c1-24-18(21-12-19(24)26(28)29)14-25-13-17(22-23-25)20(27,15-8-4-2-5-9-15)16-10-6-3-7-11-16/h2-13,27H,14H2,1H3. The van der Waals surface area contributed by atoms with E-state index in [4.69, 9.17) is 0 Å². The summed E-state index contributed by atoms with van der Waals surface area (Å²) in [6, 6.07) is 18.5. The second-order valence-corrected chi connectivity index (χ2v) is 6.59. The molecule has 0 radical (unpaired) electrons. The third-order valence-electron chi connectivity index (χ3n) is 4.84. The smallest absolute Gasteiger partial charge is 0.342 e. The molecule has 0 saturated heterocycles. The molecule has 0 bridgehead atoms. The topological polar surface area (TPSA) is 112 Å². The predicted octanol–water partition coefficient (Wildman–Crippen LogP) is 2.25. The molecule has 9 heteroatoms. The third-order valence-corrected chi connectivity index (χ3v) is 4.84. The van der Waals surface area contributed by atoms with E-state index in [0.29, 0.717) is 22.6 Å². The van der Waals surface area contributed by atoms with E-state index < -0.39 is 10.5 Å². The molecule has 0 unspecified atom stereocenters. The normalized spacial score (nSPS) is 11.5. The highest BCUT2D eigenvalue weighted by molar-refractivity contribution is 5.43. The van der Waals surface area contributed by atoms with Gasteiger partial charge in [-0.1, -0.05) is 65.9 Å². The van der Waals surface area contributed by atoms with Crippen molar-refractivity contribution in [2.75, 3.05) is 0 Å². The summed E-state index contributed by atoms with van der Waals surface area (Å²) in [7, 11) is 1.57. The van der Waals surface area contributed by atoms with E-state index in [-0.39, 0.29) is 12.4 Å². The molecule has 2 aromatic heterocycles. The second kappa shape index (κ2) is 7.28. The number of nitrogens with zero attached hydrogens (tertiary/aromatic N) is 6. The fraction of sp³-hybridized carbons (Fsp3) is 0.150. The van der Waals surface area contributed by atoms with Crippen LogP contribution in [0.4, 0.5) is 5.82 Å². The highest BCUT2D eigenvalue weighted by atomic mass is 16.6. The van der Waals surface area contributed by atoms with Crippen molar-refractivity contribution < 1.29 is 10.0 Å². The molecule has 146 valence electrons. The highest BCUT2D eigenvalue weighted by Crippen LogP contribution is 2.35. The average molecular weight is 390 g/mol. The molecule has 0 aliphatic rings. The van der Waals surface area contributed by atoms with E-state index in [1.54, 1.807) is 13.2 Å². The molecule has 0 saturated carbocycles. The molecule has 1 N–H and O–H groups in total. The molecular weight excluding hydrogens is 372 g/mol. The maximum Gasteiger partial charge on any atom is 0.342 e. The summed E-state index contributed by atoms with van der Waals surface area (Å²) in [6.45, 7) is 0.178. The van der Waals surface area contributed by atoms with Gasteiger partial charge in [-0.05, 0) is 16.1 Å². The van der Waals surface area contributed by atoms with E-state index in [1.165, 1.54) is 15.4 Å². The van der Waals surface area contributed by atoms with Crippen molar-refractivity contribution in [2.24, 2.45) is 7.05 Å². The predicted molar refractivity (Wildman–Crippen MR) is 104 cm³/mol. The van der Waals surface area contributed by atoms with Gasteiger partial charge in [0.25, 0.3) is 0 Å². The molecule has 0 aliphatic carbocycles. The van der Waals surface area contributed by atoms with Gasteiger partial charge in [-0.3, -0.25) is 0 Å². The van der Waals surface area contributed by atoms with E-state index in [1.807, 2.05) is 60.7 Å². The number of hydrogen-bond acceptors (Lipinski definition) is 6. The van der Waals surface area contributed by atoms with Crippen molar-refractivity contribution in [3.05, 3.63) is 106 Å². The van der Waals surface area contributed by atoms with Gasteiger partial charge in [-0.15, -0.1) is 5.10 Å². The SMILES string of the molecule is Cn1c([N+](=O)[O-])cnc1Cn1cc(C(O)(c2ccccc2)c2ccccc2)nn1. The summed E-state index contributed by atoms with van der Waals surface area (Å²) in [5, 5.41) is 31.0. The zero-order chi connectivity index (χ0) is 20.4. The number of nitro groups is 1. The fourth-order valence-corrected chi connectivity index (χ4v) is 3.26. The molecule has 2 heterocycles. The van der Waals surface area contributed by atoms with Crippen LogP contribution in [0.1, 0.15) is 22.6 Å². The zero-order valence-electron chi connectivity index (χ0n) is 15.6. The van der Waals surface area contributed by atoms with Gasteiger partial charge >= 0.3 is 5.82 Å². The first-order valence-corrected chi connectivity index (χ1v) is 8.89. The molecule has 0 spiro atoms. The van der Waals surface area contributed by atoms with Gasteiger partial charge in [-0.2, -0.15) is 0 Å². The van der Waals surface area contributed by atoms with Crippen LogP contribution in [0, 0.1) is 10.1 Å². The number of hydrogen-bond donors (Lipinski definition) is 1. The monoisotopic (exact) mass is 390 g/mol. The van der Waals surface area contributed by atoms with Crippen molar-refractivity contribution in [3.63, 3.8) is 0 Å². The lowest BCUT2D eigenvalue weighted by molar-refractivity contribution is -0.391. The number of imidazole rings is 1. The number of rotatable bonds is 6. The van der Waals surface area contributed by atoms with Crippen LogP contribution in [-0.2, 0) is 19.2 Å². The first kappa shape index (κ1) is 18.5. The van der Waals surface area contributed by atoms with Crippen LogP contribution in [0.25, 0.3) is 0 Å². The largest absolute Gasteiger partial charge is 0.374 e. The third kappa shape index (κ3) is 3.27. The lowest BCUT2D eigenvalue weighted by Gasteiger charge is -2.27. The molecule has 9 nitrogen and oxygen atoms in total. The van der Waals surface area contributed by atoms with E-state index in [2.05, 4.69) is 15.3 Å². The van der Waals surface area contributed by atoms with Gasteiger partial charge in [0, 0.05) is 0 Å². The van der Waals surface area contributed by atoms with Crippen molar-refractivity contribution in [2.45, 2.75) is 12.1 Å². The first-order chi connectivity index (χ1) is 14.0. The Balaban J connectivity index is 1.73. The van der Waals surface area contributed by atoms with Crippen LogP contribution in [-0.4, -0.2) is 34.6 Å². The Labute approximate surface area is 166 Å². The Morgan fingerprint density at radius 1 is 1.07 bits per heavy atom.